The standard InChI is InChI=1S/C25H24BrN3O2S/c26-20-12-10-18(11-13-20)24(30)27-21-7-5-8-22(17-21)28-25(31)19-6-4-9-23(16-19)32-29-14-2-1-3-15-29/h4-13,16-17H,1-3,14-15H2,(H,27,30)(H,28,31). The molecular weight excluding hydrogens is 486 g/mol. The van der Waals surface area contributed by atoms with E-state index in [1.165, 1.54) is 19.3 Å². The van der Waals surface area contributed by atoms with E-state index >= 15 is 0 Å². The number of hydrogen-bond donors (Lipinski definition) is 2. The smallest absolute Gasteiger partial charge is 0.255 e. The second kappa shape index (κ2) is 10.8. The lowest BCUT2D eigenvalue weighted by Crippen LogP contribution is -2.22. The van der Waals surface area contributed by atoms with Crippen LogP contribution in [0.1, 0.15) is 40.0 Å². The predicted octanol–water partition coefficient (Wildman–Crippen LogP) is 6.45. The molecule has 0 radical (unpaired) electrons. The molecule has 0 spiro atoms. The molecule has 5 nitrogen and oxygen atoms in total. The van der Waals surface area contributed by atoms with Gasteiger partial charge in [-0.2, -0.15) is 0 Å². The number of anilines is 2. The van der Waals surface area contributed by atoms with E-state index in [0.717, 1.165) is 22.5 Å². The van der Waals surface area contributed by atoms with Crippen LogP contribution in [0.25, 0.3) is 0 Å². The molecule has 0 atom stereocenters. The number of benzene rings is 3. The highest BCUT2D eigenvalue weighted by Gasteiger charge is 2.13. The van der Waals surface area contributed by atoms with Crippen molar-refractivity contribution in [1.29, 1.82) is 0 Å². The van der Waals surface area contributed by atoms with Crippen LogP contribution in [0.3, 0.4) is 0 Å². The highest BCUT2D eigenvalue weighted by Crippen LogP contribution is 2.27. The van der Waals surface area contributed by atoms with E-state index in [-0.39, 0.29) is 11.8 Å². The number of nitrogens with one attached hydrogen (secondary N) is 2. The van der Waals surface area contributed by atoms with Gasteiger partial charge in [0.2, 0.25) is 0 Å². The third kappa shape index (κ3) is 6.22. The van der Waals surface area contributed by atoms with E-state index in [2.05, 4.69) is 30.9 Å². The number of nitrogens with zero attached hydrogens (tertiary/aromatic N) is 1. The fraction of sp³-hybridized carbons (Fsp3) is 0.200. The van der Waals surface area contributed by atoms with E-state index in [1.54, 1.807) is 48.3 Å². The summed E-state index contributed by atoms with van der Waals surface area (Å²) in [6, 6.07) is 22.0. The van der Waals surface area contributed by atoms with Crippen molar-refractivity contribution in [3.05, 3.63) is 88.4 Å². The minimum atomic E-state index is -0.205. The van der Waals surface area contributed by atoms with Crippen molar-refractivity contribution in [2.75, 3.05) is 23.7 Å². The fourth-order valence-electron chi connectivity index (χ4n) is 3.48. The van der Waals surface area contributed by atoms with Crippen LogP contribution >= 0.6 is 27.9 Å². The molecule has 0 aliphatic carbocycles. The molecule has 0 unspecified atom stereocenters. The fourth-order valence-corrected chi connectivity index (χ4v) is 4.80. The molecule has 0 saturated carbocycles. The third-order valence-corrected chi connectivity index (χ3v) is 6.75. The average Bonchev–Trinajstić information content (AvgIpc) is 2.80. The largest absolute Gasteiger partial charge is 0.322 e. The molecule has 1 aliphatic rings. The third-order valence-electron chi connectivity index (χ3n) is 5.13. The highest BCUT2D eigenvalue weighted by atomic mass is 79.9. The Morgan fingerprint density at radius 1 is 0.750 bits per heavy atom. The lowest BCUT2D eigenvalue weighted by Gasteiger charge is -2.25. The molecule has 7 heteroatoms. The molecule has 4 rings (SSSR count). The molecular formula is C25H24BrN3O2S. The van der Waals surface area contributed by atoms with Gasteiger partial charge in [-0.15, -0.1) is 0 Å². The van der Waals surface area contributed by atoms with Gasteiger partial charge in [0, 0.05) is 45.0 Å². The molecule has 164 valence electrons. The van der Waals surface area contributed by atoms with Crippen molar-refractivity contribution in [3.8, 4) is 0 Å². The van der Waals surface area contributed by atoms with Crippen molar-refractivity contribution >= 4 is 51.1 Å². The first-order valence-corrected chi connectivity index (χ1v) is 12.1. The second-order valence-electron chi connectivity index (χ2n) is 7.60. The van der Waals surface area contributed by atoms with Crippen molar-refractivity contribution in [2.45, 2.75) is 24.2 Å². The van der Waals surface area contributed by atoms with E-state index in [9.17, 15) is 9.59 Å². The first-order valence-electron chi connectivity index (χ1n) is 10.6. The number of carbonyl (C=O) groups excluding carboxylic acids is 2. The number of carbonyl (C=O) groups is 2. The van der Waals surface area contributed by atoms with Gasteiger partial charge in [-0.1, -0.05) is 34.5 Å². The van der Waals surface area contributed by atoms with Crippen LogP contribution in [0.2, 0.25) is 0 Å². The van der Waals surface area contributed by atoms with E-state index in [0.29, 0.717) is 22.5 Å². The van der Waals surface area contributed by atoms with Gasteiger partial charge in [-0.3, -0.25) is 9.59 Å². The van der Waals surface area contributed by atoms with Gasteiger partial charge >= 0.3 is 0 Å². The maximum atomic E-state index is 12.8. The van der Waals surface area contributed by atoms with Crippen molar-refractivity contribution < 1.29 is 9.59 Å². The van der Waals surface area contributed by atoms with Crippen LogP contribution in [0.15, 0.2) is 82.2 Å². The zero-order chi connectivity index (χ0) is 22.3. The van der Waals surface area contributed by atoms with Gasteiger partial charge < -0.3 is 10.6 Å². The summed E-state index contributed by atoms with van der Waals surface area (Å²) in [5.41, 5.74) is 2.41. The number of hydrogen-bond acceptors (Lipinski definition) is 4. The molecule has 0 aromatic heterocycles. The van der Waals surface area contributed by atoms with Crippen molar-refractivity contribution in [1.82, 2.24) is 4.31 Å². The van der Waals surface area contributed by atoms with Gasteiger partial charge in [0.1, 0.15) is 0 Å². The average molecular weight is 510 g/mol. The Bertz CT molecular complexity index is 1100. The lowest BCUT2D eigenvalue weighted by molar-refractivity contribution is 0.101. The Labute approximate surface area is 200 Å². The van der Waals surface area contributed by atoms with Crippen LogP contribution < -0.4 is 10.6 Å². The number of piperidine rings is 1. The van der Waals surface area contributed by atoms with Gasteiger partial charge in [0.05, 0.1) is 0 Å². The Morgan fingerprint density at radius 3 is 2.06 bits per heavy atom. The van der Waals surface area contributed by atoms with Gasteiger partial charge in [0.25, 0.3) is 11.8 Å². The normalized spacial score (nSPS) is 14.0. The zero-order valence-corrected chi connectivity index (χ0v) is 19.9. The summed E-state index contributed by atoms with van der Waals surface area (Å²) in [4.78, 5) is 26.3. The molecule has 1 heterocycles. The summed E-state index contributed by atoms with van der Waals surface area (Å²) < 4.78 is 3.27. The summed E-state index contributed by atoms with van der Waals surface area (Å²) in [6.07, 6.45) is 3.74. The summed E-state index contributed by atoms with van der Waals surface area (Å²) in [5, 5.41) is 5.80. The van der Waals surface area contributed by atoms with Crippen LogP contribution in [0.5, 0.6) is 0 Å². The SMILES string of the molecule is O=C(Nc1cccc(NC(=O)c2cccc(SN3CCCCC3)c2)c1)c1ccc(Br)cc1. The van der Waals surface area contributed by atoms with Gasteiger partial charge in [-0.25, -0.2) is 4.31 Å². The van der Waals surface area contributed by atoms with Crippen molar-refractivity contribution in [3.63, 3.8) is 0 Å². The maximum absolute atomic E-state index is 12.8. The monoisotopic (exact) mass is 509 g/mol. The molecule has 1 fully saturated rings. The predicted molar refractivity (Wildman–Crippen MR) is 134 cm³/mol. The molecule has 2 N–H and O–H groups in total. The molecule has 1 aliphatic heterocycles. The number of amides is 2. The maximum Gasteiger partial charge on any atom is 0.255 e. The Balaban J connectivity index is 1.39. The van der Waals surface area contributed by atoms with E-state index in [4.69, 9.17) is 0 Å². The Morgan fingerprint density at radius 2 is 1.38 bits per heavy atom. The molecule has 0 bridgehead atoms. The van der Waals surface area contributed by atoms with E-state index in [1.807, 2.05) is 36.4 Å². The summed E-state index contributed by atoms with van der Waals surface area (Å²) >= 11 is 5.08. The highest BCUT2D eigenvalue weighted by molar-refractivity contribution is 9.10. The van der Waals surface area contributed by atoms with E-state index < -0.39 is 0 Å². The minimum absolute atomic E-state index is 0.178. The lowest BCUT2D eigenvalue weighted by atomic mass is 10.2. The summed E-state index contributed by atoms with van der Waals surface area (Å²) in [7, 11) is 0. The Kier molecular flexibility index (Phi) is 7.63. The molecule has 1 saturated heterocycles. The van der Waals surface area contributed by atoms with Crippen LogP contribution in [0, 0.1) is 0 Å². The zero-order valence-electron chi connectivity index (χ0n) is 17.5. The number of rotatable bonds is 6. The quantitative estimate of drug-likeness (QED) is 0.375. The molecule has 2 amide bonds. The number of halogens is 1. The second-order valence-corrected chi connectivity index (χ2v) is 9.69. The Hall–Kier alpha value is -2.61. The van der Waals surface area contributed by atoms with Crippen LogP contribution in [-0.2, 0) is 0 Å². The first kappa shape index (κ1) is 22.6. The topological polar surface area (TPSA) is 61.4 Å². The van der Waals surface area contributed by atoms with Gasteiger partial charge in [-0.05, 0) is 85.5 Å². The van der Waals surface area contributed by atoms with Crippen LogP contribution in [-0.4, -0.2) is 29.2 Å². The summed E-state index contributed by atoms with van der Waals surface area (Å²) in [5.74, 6) is -0.383. The van der Waals surface area contributed by atoms with Gasteiger partial charge in [0.15, 0.2) is 0 Å². The molecule has 32 heavy (non-hydrogen) atoms. The molecule has 3 aromatic carbocycles. The first-order chi connectivity index (χ1) is 15.6. The minimum Gasteiger partial charge on any atom is -0.322 e. The summed E-state index contributed by atoms with van der Waals surface area (Å²) in [6.45, 7) is 2.17. The van der Waals surface area contributed by atoms with Crippen molar-refractivity contribution in [2.24, 2.45) is 0 Å². The van der Waals surface area contributed by atoms with Crippen LogP contribution in [0.4, 0.5) is 11.4 Å². The molecule has 3 aromatic rings.